The number of hydrogen-bond acceptors (Lipinski definition) is 3. The van der Waals surface area contributed by atoms with Crippen LogP contribution in [0.4, 0.5) is 13.2 Å². The standard InChI is InChI=1S/C16H17F3N2O2/c1-15(2,10-20)14(22)21-7-8-23-13(9-21)11-3-5-12(6-4-11)16(17,18)19/h3-6,13H,7-9H2,1-2H3. The van der Waals surface area contributed by atoms with Crippen LogP contribution in [0.5, 0.6) is 0 Å². The van der Waals surface area contributed by atoms with E-state index in [0.717, 1.165) is 12.1 Å². The number of nitriles is 1. The van der Waals surface area contributed by atoms with Gasteiger partial charge >= 0.3 is 6.18 Å². The van der Waals surface area contributed by atoms with Gasteiger partial charge in [0.1, 0.15) is 11.5 Å². The molecule has 1 amide bonds. The zero-order valence-electron chi connectivity index (χ0n) is 12.9. The molecule has 1 atom stereocenters. The summed E-state index contributed by atoms with van der Waals surface area (Å²) in [6.45, 7) is 3.94. The first-order valence-electron chi connectivity index (χ1n) is 7.14. The minimum Gasteiger partial charge on any atom is -0.370 e. The van der Waals surface area contributed by atoms with Gasteiger partial charge in [-0.2, -0.15) is 18.4 Å². The SMILES string of the molecule is CC(C)(C#N)C(=O)N1CCOC(c2ccc(C(F)(F)F)cc2)C1. The van der Waals surface area contributed by atoms with Gasteiger partial charge in [0.05, 0.1) is 24.8 Å². The highest BCUT2D eigenvalue weighted by Gasteiger charge is 2.35. The number of carbonyl (C=O) groups excluding carboxylic acids is 1. The van der Waals surface area contributed by atoms with Gasteiger partial charge < -0.3 is 9.64 Å². The molecule has 1 heterocycles. The monoisotopic (exact) mass is 326 g/mol. The van der Waals surface area contributed by atoms with E-state index in [9.17, 15) is 18.0 Å². The van der Waals surface area contributed by atoms with Crippen LogP contribution >= 0.6 is 0 Å². The largest absolute Gasteiger partial charge is 0.416 e. The number of alkyl halides is 3. The van der Waals surface area contributed by atoms with Gasteiger partial charge in [-0.15, -0.1) is 0 Å². The molecule has 1 fully saturated rings. The average molecular weight is 326 g/mol. The number of halogens is 3. The molecule has 0 aromatic heterocycles. The molecule has 0 N–H and O–H groups in total. The van der Waals surface area contributed by atoms with Gasteiger partial charge in [0.2, 0.25) is 5.91 Å². The van der Waals surface area contributed by atoms with E-state index in [-0.39, 0.29) is 19.1 Å². The molecule has 4 nitrogen and oxygen atoms in total. The molecule has 1 unspecified atom stereocenters. The molecule has 0 saturated carbocycles. The Labute approximate surface area is 132 Å². The predicted octanol–water partition coefficient (Wildman–Crippen LogP) is 3.16. The Hall–Kier alpha value is -2.07. The average Bonchev–Trinajstić information content (AvgIpc) is 2.53. The molecule has 124 valence electrons. The molecule has 0 aliphatic carbocycles. The van der Waals surface area contributed by atoms with Gasteiger partial charge in [-0.1, -0.05) is 12.1 Å². The highest BCUT2D eigenvalue weighted by atomic mass is 19.4. The Morgan fingerprint density at radius 1 is 1.30 bits per heavy atom. The van der Waals surface area contributed by atoms with E-state index >= 15 is 0 Å². The van der Waals surface area contributed by atoms with Crippen LogP contribution in [0, 0.1) is 16.7 Å². The number of rotatable bonds is 2. The van der Waals surface area contributed by atoms with Crippen molar-refractivity contribution < 1.29 is 22.7 Å². The highest BCUT2D eigenvalue weighted by Crippen LogP contribution is 2.31. The summed E-state index contributed by atoms with van der Waals surface area (Å²) < 4.78 is 43.3. The number of hydrogen-bond donors (Lipinski definition) is 0. The number of amides is 1. The first-order valence-corrected chi connectivity index (χ1v) is 7.14. The maximum atomic E-state index is 12.6. The summed E-state index contributed by atoms with van der Waals surface area (Å²) in [4.78, 5) is 13.8. The van der Waals surface area contributed by atoms with Crippen molar-refractivity contribution in [3.05, 3.63) is 35.4 Å². The highest BCUT2D eigenvalue weighted by molar-refractivity contribution is 5.84. The Balaban J connectivity index is 2.13. The lowest BCUT2D eigenvalue weighted by Gasteiger charge is -2.35. The van der Waals surface area contributed by atoms with Crippen LogP contribution in [0.25, 0.3) is 0 Å². The van der Waals surface area contributed by atoms with Crippen molar-refractivity contribution in [3.63, 3.8) is 0 Å². The summed E-state index contributed by atoms with van der Waals surface area (Å²) in [7, 11) is 0. The second-order valence-electron chi connectivity index (χ2n) is 5.97. The predicted molar refractivity (Wildman–Crippen MR) is 76.1 cm³/mol. The van der Waals surface area contributed by atoms with Crippen molar-refractivity contribution in [2.24, 2.45) is 5.41 Å². The Morgan fingerprint density at radius 2 is 1.91 bits per heavy atom. The van der Waals surface area contributed by atoms with Crippen molar-refractivity contribution in [1.82, 2.24) is 4.90 Å². The second kappa shape index (κ2) is 6.20. The molecule has 0 bridgehead atoms. The molecule has 1 aliphatic rings. The number of ether oxygens (including phenoxy) is 1. The van der Waals surface area contributed by atoms with Crippen molar-refractivity contribution >= 4 is 5.91 Å². The third kappa shape index (κ3) is 3.82. The third-order valence-electron chi connectivity index (χ3n) is 3.78. The molecular weight excluding hydrogens is 309 g/mol. The minimum atomic E-state index is -4.38. The Bertz CT molecular complexity index is 618. The lowest BCUT2D eigenvalue weighted by molar-refractivity contribution is -0.145. The first kappa shape index (κ1) is 17.3. The molecule has 2 rings (SSSR count). The van der Waals surface area contributed by atoms with E-state index in [4.69, 9.17) is 10.00 Å². The molecule has 1 aromatic rings. The van der Waals surface area contributed by atoms with Gasteiger partial charge in [0.15, 0.2) is 0 Å². The van der Waals surface area contributed by atoms with Crippen LogP contribution in [-0.2, 0) is 15.7 Å². The van der Waals surface area contributed by atoms with Crippen molar-refractivity contribution in [2.75, 3.05) is 19.7 Å². The van der Waals surface area contributed by atoms with E-state index < -0.39 is 23.3 Å². The van der Waals surface area contributed by atoms with Crippen molar-refractivity contribution in [1.29, 1.82) is 5.26 Å². The van der Waals surface area contributed by atoms with Crippen LogP contribution < -0.4 is 0 Å². The van der Waals surface area contributed by atoms with Gasteiger partial charge in [0.25, 0.3) is 0 Å². The van der Waals surface area contributed by atoms with Gasteiger partial charge in [-0.25, -0.2) is 0 Å². The van der Waals surface area contributed by atoms with Crippen LogP contribution in [0.2, 0.25) is 0 Å². The van der Waals surface area contributed by atoms with Gasteiger partial charge in [0, 0.05) is 6.54 Å². The number of carbonyl (C=O) groups is 1. The lowest BCUT2D eigenvalue weighted by Crippen LogP contribution is -2.47. The lowest BCUT2D eigenvalue weighted by atomic mass is 9.93. The number of benzene rings is 1. The maximum absolute atomic E-state index is 12.6. The van der Waals surface area contributed by atoms with E-state index in [0.29, 0.717) is 12.1 Å². The fourth-order valence-corrected chi connectivity index (χ4v) is 2.37. The second-order valence-corrected chi connectivity index (χ2v) is 5.97. The van der Waals surface area contributed by atoms with Crippen molar-refractivity contribution in [3.8, 4) is 6.07 Å². The fraction of sp³-hybridized carbons (Fsp3) is 0.500. The summed E-state index contributed by atoms with van der Waals surface area (Å²) >= 11 is 0. The number of nitrogens with zero attached hydrogens (tertiary/aromatic N) is 2. The third-order valence-corrected chi connectivity index (χ3v) is 3.78. The molecule has 1 aliphatic heterocycles. The van der Waals surface area contributed by atoms with E-state index in [1.807, 2.05) is 6.07 Å². The van der Waals surface area contributed by atoms with Crippen LogP contribution in [0.1, 0.15) is 31.1 Å². The summed E-state index contributed by atoms with van der Waals surface area (Å²) in [6, 6.07) is 6.67. The first-order chi connectivity index (χ1) is 10.6. The van der Waals surface area contributed by atoms with Crippen molar-refractivity contribution in [2.45, 2.75) is 26.1 Å². The summed E-state index contributed by atoms with van der Waals surface area (Å²) in [6.07, 6.45) is -4.88. The molecule has 1 saturated heterocycles. The summed E-state index contributed by atoms with van der Waals surface area (Å²) in [5.41, 5.74) is -1.29. The summed E-state index contributed by atoms with van der Waals surface area (Å²) in [5.74, 6) is -0.305. The minimum absolute atomic E-state index is 0.218. The molecular formula is C16H17F3N2O2. The van der Waals surface area contributed by atoms with E-state index in [1.54, 1.807) is 0 Å². The fourth-order valence-electron chi connectivity index (χ4n) is 2.37. The molecule has 7 heteroatoms. The molecule has 1 aromatic carbocycles. The Morgan fingerprint density at radius 3 is 2.43 bits per heavy atom. The van der Waals surface area contributed by atoms with Gasteiger partial charge in [-0.05, 0) is 31.5 Å². The van der Waals surface area contributed by atoms with E-state index in [2.05, 4.69) is 0 Å². The topological polar surface area (TPSA) is 53.3 Å². The van der Waals surface area contributed by atoms with Crippen LogP contribution in [-0.4, -0.2) is 30.5 Å². The quantitative estimate of drug-likeness (QED) is 0.839. The zero-order chi connectivity index (χ0) is 17.3. The number of morpholine rings is 1. The van der Waals surface area contributed by atoms with E-state index in [1.165, 1.54) is 30.9 Å². The smallest absolute Gasteiger partial charge is 0.370 e. The normalized spacial score (nSPS) is 19.3. The van der Waals surface area contributed by atoms with Crippen LogP contribution in [0.3, 0.4) is 0 Å². The molecule has 0 spiro atoms. The summed E-state index contributed by atoms with van der Waals surface area (Å²) in [5, 5.41) is 9.05. The molecule has 23 heavy (non-hydrogen) atoms. The van der Waals surface area contributed by atoms with Gasteiger partial charge in [-0.3, -0.25) is 4.79 Å². The van der Waals surface area contributed by atoms with Crippen LogP contribution in [0.15, 0.2) is 24.3 Å². The Kier molecular flexibility index (Phi) is 4.66. The maximum Gasteiger partial charge on any atom is 0.416 e. The zero-order valence-corrected chi connectivity index (χ0v) is 12.9. The molecule has 0 radical (unpaired) electrons.